The van der Waals surface area contributed by atoms with Crippen molar-refractivity contribution >= 4 is 19.7 Å². The first-order valence-electron chi connectivity index (χ1n) is 2.60. The third-order valence-electron chi connectivity index (χ3n) is 1.02. The van der Waals surface area contributed by atoms with Crippen molar-refractivity contribution in [2.24, 2.45) is 0 Å². The molecule has 0 fully saturated rings. The molecular formula is C6H6ClKO2S. The molecule has 1 rings (SSSR count). The smallest absolute Gasteiger partial charge is 1.00 e. The third-order valence-corrected chi connectivity index (χ3v) is 2.39. The second-order valence-corrected chi connectivity index (χ2v) is 4.32. The van der Waals surface area contributed by atoms with Crippen LogP contribution in [0.5, 0.6) is 0 Å². The molecule has 0 unspecified atom stereocenters. The molecule has 0 saturated heterocycles. The molecule has 0 bridgehead atoms. The maximum absolute atomic E-state index is 10.6. The van der Waals surface area contributed by atoms with Crippen molar-refractivity contribution in [3.8, 4) is 0 Å². The summed E-state index contributed by atoms with van der Waals surface area (Å²) in [6.45, 7) is 0. The van der Waals surface area contributed by atoms with Crippen molar-refractivity contribution in [1.82, 2.24) is 0 Å². The van der Waals surface area contributed by atoms with Crippen molar-refractivity contribution in [3.05, 3.63) is 30.3 Å². The second-order valence-electron chi connectivity index (χ2n) is 1.75. The van der Waals surface area contributed by atoms with Gasteiger partial charge in [-0.2, -0.15) is 0 Å². The van der Waals surface area contributed by atoms with Gasteiger partial charge in [-0.25, -0.2) is 8.42 Å². The van der Waals surface area contributed by atoms with Crippen LogP contribution < -0.4 is 51.4 Å². The van der Waals surface area contributed by atoms with Crippen LogP contribution >= 0.6 is 10.7 Å². The van der Waals surface area contributed by atoms with E-state index in [1.165, 1.54) is 12.1 Å². The minimum atomic E-state index is -3.53. The van der Waals surface area contributed by atoms with E-state index in [0.29, 0.717) is 0 Å². The van der Waals surface area contributed by atoms with Crippen LogP contribution in [0, 0.1) is 0 Å². The van der Waals surface area contributed by atoms with Crippen LogP contribution in [0.1, 0.15) is 1.43 Å². The van der Waals surface area contributed by atoms with Gasteiger partial charge in [0.15, 0.2) is 0 Å². The fraction of sp³-hybridized carbons (Fsp3) is 0. The molecule has 0 aliphatic heterocycles. The monoisotopic (exact) mass is 216 g/mol. The molecule has 0 saturated carbocycles. The summed E-state index contributed by atoms with van der Waals surface area (Å²) in [7, 11) is 1.50. The molecule has 0 N–H and O–H groups in total. The Hall–Kier alpha value is 1.10. The van der Waals surface area contributed by atoms with Gasteiger partial charge in [0.25, 0.3) is 9.05 Å². The Morgan fingerprint density at radius 3 is 1.91 bits per heavy atom. The summed E-state index contributed by atoms with van der Waals surface area (Å²) in [6.07, 6.45) is 0. The first-order chi connectivity index (χ1) is 4.61. The summed E-state index contributed by atoms with van der Waals surface area (Å²) in [5.41, 5.74) is 0. The fourth-order valence-electron chi connectivity index (χ4n) is 0.583. The van der Waals surface area contributed by atoms with E-state index in [1.807, 2.05) is 0 Å². The zero-order valence-electron chi connectivity index (χ0n) is 6.99. The van der Waals surface area contributed by atoms with Gasteiger partial charge in [-0.15, -0.1) is 0 Å². The predicted octanol–water partition coefficient (Wildman–Crippen LogP) is -1.27. The summed E-state index contributed by atoms with van der Waals surface area (Å²) in [4.78, 5) is 0.136. The number of benzene rings is 1. The van der Waals surface area contributed by atoms with Gasteiger partial charge >= 0.3 is 51.4 Å². The van der Waals surface area contributed by atoms with E-state index >= 15 is 0 Å². The van der Waals surface area contributed by atoms with Crippen LogP contribution in [0.4, 0.5) is 0 Å². The van der Waals surface area contributed by atoms with Gasteiger partial charge in [-0.3, -0.25) is 0 Å². The van der Waals surface area contributed by atoms with E-state index in [0.717, 1.165) is 0 Å². The molecule has 1 aromatic carbocycles. The minimum Gasteiger partial charge on any atom is -1.00 e. The summed E-state index contributed by atoms with van der Waals surface area (Å²) in [5.74, 6) is 0. The molecular weight excluding hydrogens is 211 g/mol. The van der Waals surface area contributed by atoms with Crippen molar-refractivity contribution in [1.29, 1.82) is 0 Å². The molecule has 0 aliphatic rings. The Morgan fingerprint density at radius 2 is 1.64 bits per heavy atom. The Bertz CT molecular complexity index is 314. The number of halogens is 1. The summed E-state index contributed by atoms with van der Waals surface area (Å²) in [6, 6.07) is 7.86. The first-order valence-corrected chi connectivity index (χ1v) is 4.91. The zero-order valence-corrected chi connectivity index (χ0v) is 10.7. The van der Waals surface area contributed by atoms with Gasteiger partial charge < -0.3 is 1.43 Å². The normalized spacial score (nSPS) is 10.3. The van der Waals surface area contributed by atoms with Gasteiger partial charge in [-0.05, 0) is 12.1 Å². The molecule has 0 radical (unpaired) electrons. The Kier molecular flexibility index (Phi) is 5.46. The summed E-state index contributed by atoms with van der Waals surface area (Å²) < 4.78 is 21.2. The Balaban J connectivity index is 0. The molecule has 11 heavy (non-hydrogen) atoms. The molecule has 0 heterocycles. The minimum absolute atomic E-state index is 0. The maximum atomic E-state index is 10.6. The van der Waals surface area contributed by atoms with Crippen LogP contribution in [0.3, 0.4) is 0 Å². The van der Waals surface area contributed by atoms with Crippen molar-refractivity contribution in [2.75, 3.05) is 0 Å². The fourth-order valence-corrected chi connectivity index (χ4v) is 1.37. The molecule has 0 aliphatic carbocycles. The molecule has 56 valence electrons. The van der Waals surface area contributed by atoms with Gasteiger partial charge in [-0.1, -0.05) is 18.2 Å². The van der Waals surface area contributed by atoms with Crippen molar-refractivity contribution in [2.45, 2.75) is 4.90 Å². The van der Waals surface area contributed by atoms with Crippen LogP contribution in [0.2, 0.25) is 0 Å². The molecule has 0 aromatic heterocycles. The van der Waals surface area contributed by atoms with Crippen molar-refractivity contribution in [3.63, 3.8) is 0 Å². The number of hydrogen-bond donors (Lipinski definition) is 0. The zero-order chi connectivity index (χ0) is 7.61. The van der Waals surface area contributed by atoms with E-state index < -0.39 is 9.05 Å². The van der Waals surface area contributed by atoms with Gasteiger partial charge in [0.2, 0.25) is 0 Å². The van der Waals surface area contributed by atoms with Gasteiger partial charge in [0.1, 0.15) is 0 Å². The Morgan fingerprint density at radius 1 is 1.18 bits per heavy atom. The van der Waals surface area contributed by atoms with E-state index in [1.54, 1.807) is 18.2 Å². The van der Waals surface area contributed by atoms with Gasteiger partial charge in [0.05, 0.1) is 4.90 Å². The van der Waals surface area contributed by atoms with E-state index in [-0.39, 0.29) is 57.7 Å². The average Bonchev–Trinajstić information content (AvgIpc) is 1.88. The predicted molar refractivity (Wildman–Crippen MR) is 40.6 cm³/mol. The third kappa shape index (κ3) is 4.03. The first kappa shape index (κ1) is 12.1. The molecule has 5 heteroatoms. The van der Waals surface area contributed by atoms with Crippen LogP contribution in [-0.4, -0.2) is 8.42 Å². The average molecular weight is 217 g/mol. The number of hydrogen-bond acceptors (Lipinski definition) is 2. The van der Waals surface area contributed by atoms with Crippen LogP contribution in [0.15, 0.2) is 35.2 Å². The number of rotatable bonds is 1. The quantitative estimate of drug-likeness (QED) is 0.434. The topological polar surface area (TPSA) is 34.1 Å². The SMILES string of the molecule is O=S(=O)(Cl)c1ccccc1.[H-].[K+]. The van der Waals surface area contributed by atoms with Crippen LogP contribution in [-0.2, 0) is 9.05 Å². The van der Waals surface area contributed by atoms with Crippen molar-refractivity contribution < 1.29 is 61.2 Å². The van der Waals surface area contributed by atoms with Crippen LogP contribution in [0.25, 0.3) is 0 Å². The van der Waals surface area contributed by atoms with E-state index in [2.05, 4.69) is 0 Å². The van der Waals surface area contributed by atoms with Gasteiger partial charge in [0, 0.05) is 10.7 Å². The molecule has 1 aromatic rings. The molecule has 0 spiro atoms. The van der Waals surface area contributed by atoms with E-state index in [4.69, 9.17) is 10.7 Å². The molecule has 0 amide bonds. The molecule has 0 atom stereocenters. The molecule has 2 nitrogen and oxygen atoms in total. The summed E-state index contributed by atoms with van der Waals surface area (Å²) >= 11 is 0. The van der Waals surface area contributed by atoms with E-state index in [9.17, 15) is 8.42 Å². The standard InChI is InChI=1S/C6H5ClO2S.K.H/c7-10(8,9)6-4-2-1-3-5-6;;/h1-5H;;/q;+1;-1. The second kappa shape index (κ2) is 4.96. The maximum Gasteiger partial charge on any atom is 1.00 e. The summed E-state index contributed by atoms with van der Waals surface area (Å²) in [5, 5.41) is 0. The largest absolute Gasteiger partial charge is 1.00 e. The Labute approximate surface area is 114 Å².